The standard InChI is InChI=1S/C27H34N2O5S/c1-3-33-26(32)11-10-24(30)28(17-20-8-6-15-34-20)18-25(31)29-14-12-23-22(13-16-35-23)27(29)21-9-5-4-7-19(21)2/h4-5,7,9,13,16,20,27H,3,6,8,10-12,14-15,17-18H2,1-2H3. The molecule has 1 aromatic carbocycles. The molecule has 0 N–H and O–H groups in total. The Labute approximate surface area is 211 Å². The Kier molecular flexibility index (Phi) is 8.57. The highest BCUT2D eigenvalue weighted by Crippen LogP contribution is 2.39. The van der Waals surface area contributed by atoms with E-state index < -0.39 is 5.97 Å². The van der Waals surface area contributed by atoms with Gasteiger partial charge in [-0.05, 0) is 61.2 Å². The highest BCUT2D eigenvalue weighted by molar-refractivity contribution is 7.10. The van der Waals surface area contributed by atoms with Crippen molar-refractivity contribution < 1.29 is 23.9 Å². The lowest BCUT2D eigenvalue weighted by molar-refractivity contribution is -0.147. The number of hydrogen-bond donors (Lipinski definition) is 0. The molecular formula is C27H34N2O5S. The van der Waals surface area contributed by atoms with E-state index in [-0.39, 0.29) is 50.0 Å². The minimum Gasteiger partial charge on any atom is -0.466 e. The van der Waals surface area contributed by atoms with E-state index in [0.29, 0.717) is 19.7 Å². The van der Waals surface area contributed by atoms with Gasteiger partial charge in [-0.25, -0.2) is 0 Å². The Morgan fingerprint density at radius 1 is 1.17 bits per heavy atom. The predicted octanol–water partition coefficient (Wildman–Crippen LogP) is 3.88. The largest absolute Gasteiger partial charge is 0.466 e. The summed E-state index contributed by atoms with van der Waals surface area (Å²) >= 11 is 1.73. The molecule has 1 aromatic heterocycles. The highest BCUT2D eigenvalue weighted by atomic mass is 32.1. The number of esters is 1. The predicted molar refractivity (Wildman–Crippen MR) is 134 cm³/mol. The van der Waals surface area contributed by atoms with Crippen LogP contribution in [0.15, 0.2) is 35.7 Å². The van der Waals surface area contributed by atoms with Crippen molar-refractivity contribution in [2.45, 2.75) is 58.1 Å². The molecule has 35 heavy (non-hydrogen) atoms. The summed E-state index contributed by atoms with van der Waals surface area (Å²) in [5.41, 5.74) is 3.42. The Bertz CT molecular complexity index is 1050. The molecule has 7 nitrogen and oxygen atoms in total. The molecule has 2 aliphatic heterocycles. The third-order valence-corrected chi connectivity index (χ3v) is 7.74. The minimum atomic E-state index is -0.398. The Morgan fingerprint density at radius 2 is 2.00 bits per heavy atom. The molecule has 3 heterocycles. The van der Waals surface area contributed by atoms with Gasteiger partial charge in [0.15, 0.2) is 0 Å². The monoisotopic (exact) mass is 498 g/mol. The molecule has 0 aliphatic carbocycles. The smallest absolute Gasteiger partial charge is 0.306 e. The molecular weight excluding hydrogens is 464 g/mol. The summed E-state index contributed by atoms with van der Waals surface area (Å²) in [7, 11) is 0. The lowest BCUT2D eigenvalue weighted by Gasteiger charge is -2.38. The lowest BCUT2D eigenvalue weighted by atomic mass is 9.90. The lowest BCUT2D eigenvalue weighted by Crippen LogP contribution is -2.48. The van der Waals surface area contributed by atoms with Gasteiger partial charge in [0.05, 0.1) is 31.7 Å². The van der Waals surface area contributed by atoms with E-state index in [0.717, 1.165) is 30.4 Å². The van der Waals surface area contributed by atoms with Crippen LogP contribution in [-0.4, -0.2) is 66.5 Å². The fourth-order valence-electron chi connectivity index (χ4n) is 4.96. The summed E-state index contributed by atoms with van der Waals surface area (Å²) in [6, 6.07) is 10.1. The van der Waals surface area contributed by atoms with Gasteiger partial charge in [-0.3, -0.25) is 14.4 Å². The average molecular weight is 499 g/mol. The van der Waals surface area contributed by atoms with Crippen LogP contribution in [0.3, 0.4) is 0 Å². The Hall–Kier alpha value is -2.71. The van der Waals surface area contributed by atoms with Crippen molar-refractivity contribution in [2.24, 2.45) is 0 Å². The molecule has 1 fully saturated rings. The molecule has 1 saturated heterocycles. The van der Waals surface area contributed by atoms with E-state index in [1.54, 1.807) is 23.2 Å². The number of fused-ring (bicyclic) bond motifs is 1. The van der Waals surface area contributed by atoms with Gasteiger partial charge in [0.2, 0.25) is 11.8 Å². The molecule has 8 heteroatoms. The summed E-state index contributed by atoms with van der Waals surface area (Å²) in [5.74, 6) is -0.704. The maximum atomic E-state index is 13.8. The fourth-order valence-corrected chi connectivity index (χ4v) is 5.86. The van der Waals surface area contributed by atoms with Crippen molar-refractivity contribution in [2.75, 3.05) is 32.8 Å². The van der Waals surface area contributed by atoms with Crippen molar-refractivity contribution in [3.63, 3.8) is 0 Å². The van der Waals surface area contributed by atoms with E-state index in [2.05, 4.69) is 30.5 Å². The summed E-state index contributed by atoms with van der Waals surface area (Å²) in [6.45, 7) is 5.71. The van der Waals surface area contributed by atoms with Crippen molar-refractivity contribution in [3.05, 3.63) is 57.3 Å². The third-order valence-electron chi connectivity index (χ3n) is 6.74. The Morgan fingerprint density at radius 3 is 2.74 bits per heavy atom. The second kappa shape index (κ2) is 11.8. The van der Waals surface area contributed by atoms with E-state index >= 15 is 0 Å². The van der Waals surface area contributed by atoms with E-state index in [4.69, 9.17) is 9.47 Å². The quantitative estimate of drug-likeness (QED) is 0.491. The molecule has 2 unspecified atom stereocenters. The molecule has 4 rings (SSSR count). The summed E-state index contributed by atoms with van der Waals surface area (Å²) in [6.07, 6.45) is 2.58. The number of thiophene rings is 1. The molecule has 2 atom stereocenters. The van der Waals surface area contributed by atoms with Gasteiger partial charge in [-0.2, -0.15) is 0 Å². The number of amides is 2. The zero-order valence-electron chi connectivity index (χ0n) is 20.5. The number of nitrogens with zero attached hydrogens (tertiary/aromatic N) is 2. The number of aryl methyl sites for hydroxylation is 1. The fraction of sp³-hybridized carbons (Fsp3) is 0.519. The first-order chi connectivity index (χ1) is 17.0. The second-order valence-electron chi connectivity index (χ2n) is 9.11. The number of benzene rings is 1. The van der Waals surface area contributed by atoms with Crippen LogP contribution in [0.4, 0.5) is 0 Å². The van der Waals surface area contributed by atoms with Crippen LogP contribution < -0.4 is 0 Å². The van der Waals surface area contributed by atoms with Crippen LogP contribution in [0.1, 0.15) is 60.2 Å². The molecule has 2 aromatic rings. The summed E-state index contributed by atoms with van der Waals surface area (Å²) in [5, 5.41) is 2.09. The summed E-state index contributed by atoms with van der Waals surface area (Å²) in [4.78, 5) is 43.5. The van der Waals surface area contributed by atoms with Gasteiger partial charge >= 0.3 is 5.97 Å². The van der Waals surface area contributed by atoms with Gasteiger partial charge in [-0.15, -0.1) is 11.3 Å². The van der Waals surface area contributed by atoms with Gasteiger partial charge in [0.1, 0.15) is 0 Å². The SMILES string of the molecule is CCOC(=O)CCC(=O)N(CC(=O)N1CCc2sccc2C1c1ccccc1C)CC1CCCO1. The molecule has 0 radical (unpaired) electrons. The third kappa shape index (κ3) is 6.11. The van der Waals surface area contributed by atoms with Crippen LogP contribution in [-0.2, 0) is 30.3 Å². The van der Waals surface area contributed by atoms with E-state index in [1.165, 1.54) is 10.4 Å². The van der Waals surface area contributed by atoms with Gasteiger partial charge < -0.3 is 19.3 Å². The van der Waals surface area contributed by atoms with Crippen LogP contribution in [0.5, 0.6) is 0 Å². The number of carbonyl (C=O) groups excluding carboxylic acids is 3. The van der Waals surface area contributed by atoms with E-state index in [9.17, 15) is 14.4 Å². The maximum absolute atomic E-state index is 13.8. The number of ether oxygens (including phenoxy) is 2. The number of hydrogen-bond acceptors (Lipinski definition) is 6. The number of rotatable bonds is 9. The molecule has 0 bridgehead atoms. The van der Waals surface area contributed by atoms with Crippen LogP contribution in [0, 0.1) is 6.92 Å². The van der Waals surface area contributed by atoms with Crippen molar-refractivity contribution in [3.8, 4) is 0 Å². The van der Waals surface area contributed by atoms with Crippen molar-refractivity contribution in [1.82, 2.24) is 9.80 Å². The van der Waals surface area contributed by atoms with Gasteiger partial charge in [0, 0.05) is 31.0 Å². The summed E-state index contributed by atoms with van der Waals surface area (Å²) < 4.78 is 10.7. The second-order valence-corrected chi connectivity index (χ2v) is 10.1. The van der Waals surface area contributed by atoms with Crippen molar-refractivity contribution >= 4 is 29.1 Å². The molecule has 0 saturated carbocycles. The van der Waals surface area contributed by atoms with Gasteiger partial charge in [-0.1, -0.05) is 24.3 Å². The first kappa shape index (κ1) is 25.4. The molecule has 2 aliphatic rings. The van der Waals surface area contributed by atoms with Crippen LogP contribution >= 0.6 is 11.3 Å². The zero-order valence-corrected chi connectivity index (χ0v) is 21.4. The maximum Gasteiger partial charge on any atom is 0.306 e. The number of carbonyl (C=O) groups is 3. The molecule has 188 valence electrons. The average Bonchev–Trinajstić information content (AvgIpc) is 3.54. The Balaban J connectivity index is 1.54. The first-order valence-electron chi connectivity index (χ1n) is 12.4. The molecule has 0 spiro atoms. The topological polar surface area (TPSA) is 76.2 Å². The normalized spacial score (nSPS) is 19.3. The first-order valence-corrected chi connectivity index (χ1v) is 13.3. The van der Waals surface area contributed by atoms with Crippen LogP contribution in [0.2, 0.25) is 0 Å². The highest BCUT2D eigenvalue weighted by Gasteiger charge is 2.35. The molecule has 2 amide bonds. The van der Waals surface area contributed by atoms with Crippen molar-refractivity contribution in [1.29, 1.82) is 0 Å². The zero-order chi connectivity index (χ0) is 24.8. The minimum absolute atomic E-state index is 0.0106. The van der Waals surface area contributed by atoms with Gasteiger partial charge in [0.25, 0.3) is 0 Å². The van der Waals surface area contributed by atoms with E-state index in [1.807, 2.05) is 17.0 Å². The van der Waals surface area contributed by atoms with Crippen LogP contribution in [0.25, 0.3) is 0 Å².